The molecule has 3 rings (SSSR count). The van der Waals surface area contributed by atoms with Crippen LogP contribution in [0.1, 0.15) is 36.1 Å². The summed E-state index contributed by atoms with van der Waals surface area (Å²) in [6, 6.07) is 10.8. The number of nitrogens with one attached hydrogen (secondary N) is 1. The van der Waals surface area contributed by atoms with E-state index in [1.807, 2.05) is 31.2 Å². The summed E-state index contributed by atoms with van der Waals surface area (Å²) >= 11 is 0. The highest BCUT2D eigenvalue weighted by atomic mass is 16.5. The maximum absolute atomic E-state index is 12.1. The summed E-state index contributed by atoms with van der Waals surface area (Å²) in [6.07, 6.45) is 2.15. The van der Waals surface area contributed by atoms with Crippen molar-refractivity contribution >= 4 is 5.91 Å². The van der Waals surface area contributed by atoms with E-state index in [0.29, 0.717) is 24.7 Å². The number of hydrogen-bond donors (Lipinski definition) is 1. The second kappa shape index (κ2) is 8.58. The fraction of sp³-hybridized carbons (Fsp3) is 0.421. The third-order valence-corrected chi connectivity index (χ3v) is 3.92. The molecule has 1 aromatic heterocycles. The monoisotopic (exact) mass is 345 g/mol. The Hall–Kier alpha value is -2.47. The van der Waals surface area contributed by atoms with E-state index in [-0.39, 0.29) is 24.4 Å². The smallest absolute Gasteiger partial charge is 0.287 e. The predicted octanol–water partition coefficient (Wildman–Crippen LogP) is 3.17. The zero-order chi connectivity index (χ0) is 17.5. The van der Waals surface area contributed by atoms with Gasteiger partial charge in [-0.1, -0.05) is 0 Å². The molecule has 6 heteroatoms. The van der Waals surface area contributed by atoms with E-state index in [9.17, 15) is 4.79 Å². The van der Waals surface area contributed by atoms with Crippen molar-refractivity contribution < 1.29 is 23.4 Å². The Labute approximate surface area is 147 Å². The van der Waals surface area contributed by atoms with Crippen LogP contribution in [0.4, 0.5) is 0 Å². The van der Waals surface area contributed by atoms with Crippen LogP contribution in [-0.4, -0.2) is 31.8 Å². The molecule has 1 aliphatic heterocycles. The molecule has 1 aliphatic rings. The molecule has 1 fully saturated rings. The molecule has 0 unspecified atom stereocenters. The predicted molar refractivity (Wildman–Crippen MR) is 92.0 cm³/mol. The van der Waals surface area contributed by atoms with Crippen molar-refractivity contribution in [3.8, 4) is 11.5 Å². The van der Waals surface area contributed by atoms with Crippen molar-refractivity contribution in [2.24, 2.45) is 0 Å². The second-order valence-electron chi connectivity index (χ2n) is 5.80. The zero-order valence-corrected chi connectivity index (χ0v) is 14.3. The molecule has 0 saturated carbocycles. The van der Waals surface area contributed by atoms with Crippen LogP contribution >= 0.6 is 0 Å². The van der Waals surface area contributed by atoms with Gasteiger partial charge in [0.2, 0.25) is 0 Å². The summed E-state index contributed by atoms with van der Waals surface area (Å²) in [5, 5.41) is 2.83. The molecule has 2 heterocycles. The number of ether oxygens (including phenoxy) is 3. The largest absolute Gasteiger partial charge is 0.494 e. The minimum Gasteiger partial charge on any atom is -0.494 e. The first-order chi connectivity index (χ1) is 12.2. The van der Waals surface area contributed by atoms with Crippen molar-refractivity contribution in [2.45, 2.75) is 32.5 Å². The lowest BCUT2D eigenvalue weighted by Crippen LogP contribution is -2.31. The number of hydrogen-bond acceptors (Lipinski definition) is 5. The second-order valence-corrected chi connectivity index (χ2v) is 5.80. The Kier molecular flexibility index (Phi) is 5.95. The number of rotatable bonds is 8. The number of furan rings is 1. The molecule has 0 aliphatic carbocycles. The highest BCUT2D eigenvalue weighted by molar-refractivity contribution is 5.91. The van der Waals surface area contributed by atoms with E-state index in [4.69, 9.17) is 18.6 Å². The average Bonchev–Trinajstić information content (AvgIpc) is 3.31. The van der Waals surface area contributed by atoms with Crippen LogP contribution in [0.25, 0.3) is 0 Å². The van der Waals surface area contributed by atoms with E-state index in [0.717, 1.165) is 25.2 Å². The molecule has 0 radical (unpaired) electrons. The molecule has 6 nitrogen and oxygen atoms in total. The molecule has 1 N–H and O–H groups in total. The number of amides is 1. The molecule has 1 saturated heterocycles. The van der Waals surface area contributed by atoms with E-state index < -0.39 is 0 Å². The van der Waals surface area contributed by atoms with Crippen LogP contribution in [0.5, 0.6) is 11.5 Å². The Morgan fingerprint density at radius 2 is 1.92 bits per heavy atom. The fourth-order valence-electron chi connectivity index (χ4n) is 2.63. The molecule has 1 atom stereocenters. The minimum absolute atomic E-state index is 0.112. The van der Waals surface area contributed by atoms with E-state index in [1.165, 1.54) is 0 Å². The van der Waals surface area contributed by atoms with Gasteiger partial charge in [-0.15, -0.1) is 0 Å². The molecule has 0 spiro atoms. The Morgan fingerprint density at radius 1 is 1.16 bits per heavy atom. The van der Waals surface area contributed by atoms with Gasteiger partial charge in [-0.05, 0) is 56.2 Å². The van der Waals surface area contributed by atoms with Gasteiger partial charge < -0.3 is 23.9 Å². The van der Waals surface area contributed by atoms with Crippen molar-refractivity contribution in [2.75, 3.05) is 19.8 Å². The van der Waals surface area contributed by atoms with E-state index in [2.05, 4.69) is 5.32 Å². The van der Waals surface area contributed by atoms with Gasteiger partial charge in [-0.25, -0.2) is 0 Å². The standard InChI is InChI=1S/C19H23NO5/c1-2-22-14-5-7-15(8-6-14)24-13-17-9-10-18(25-17)19(21)20-12-16-4-3-11-23-16/h5-10,16H,2-4,11-13H2,1H3,(H,20,21)/t16-/m0/s1. The van der Waals surface area contributed by atoms with Crippen molar-refractivity contribution in [3.63, 3.8) is 0 Å². The molecule has 1 amide bonds. The molecule has 25 heavy (non-hydrogen) atoms. The van der Waals surface area contributed by atoms with Crippen LogP contribution < -0.4 is 14.8 Å². The van der Waals surface area contributed by atoms with Crippen LogP contribution in [0.3, 0.4) is 0 Å². The SMILES string of the molecule is CCOc1ccc(OCc2ccc(C(=O)NC[C@@H]3CCCO3)o2)cc1. The van der Waals surface area contributed by atoms with Crippen LogP contribution in [0.15, 0.2) is 40.8 Å². The third kappa shape index (κ3) is 5.00. The van der Waals surface area contributed by atoms with Gasteiger partial charge in [-0.2, -0.15) is 0 Å². The Bertz CT molecular complexity index is 673. The Morgan fingerprint density at radius 3 is 2.60 bits per heavy atom. The highest BCUT2D eigenvalue weighted by Crippen LogP contribution is 2.19. The van der Waals surface area contributed by atoms with Crippen LogP contribution in [0, 0.1) is 0 Å². The molecule has 0 bridgehead atoms. The first kappa shape index (κ1) is 17.4. The lowest BCUT2D eigenvalue weighted by Gasteiger charge is -2.09. The lowest BCUT2D eigenvalue weighted by molar-refractivity contribution is 0.0832. The van der Waals surface area contributed by atoms with Gasteiger partial charge in [0.25, 0.3) is 5.91 Å². The fourth-order valence-corrected chi connectivity index (χ4v) is 2.63. The normalized spacial score (nSPS) is 16.6. The first-order valence-corrected chi connectivity index (χ1v) is 8.59. The highest BCUT2D eigenvalue weighted by Gasteiger charge is 2.18. The van der Waals surface area contributed by atoms with Crippen molar-refractivity contribution in [3.05, 3.63) is 47.9 Å². The van der Waals surface area contributed by atoms with E-state index >= 15 is 0 Å². The summed E-state index contributed by atoms with van der Waals surface area (Å²) in [5.41, 5.74) is 0. The average molecular weight is 345 g/mol. The number of benzene rings is 1. The van der Waals surface area contributed by atoms with Crippen LogP contribution in [0.2, 0.25) is 0 Å². The van der Waals surface area contributed by atoms with Gasteiger partial charge in [0.15, 0.2) is 5.76 Å². The van der Waals surface area contributed by atoms with Gasteiger partial charge in [0, 0.05) is 13.2 Å². The first-order valence-electron chi connectivity index (χ1n) is 8.59. The van der Waals surface area contributed by atoms with Crippen LogP contribution in [-0.2, 0) is 11.3 Å². The summed E-state index contributed by atoms with van der Waals surface area (Å²) in [6.45, 7) is 4.11. The summed E-state index contributed by atoms with van der Waals surface area (Å²) in [5.74, 6) is 2.16. The lowest BCUT2D eigenvalue weighted by atomic mass is 10.2. The third-order valence-electron chi connectivity index (χ3n) is 3.92. The molecule has 1 aromatic carbocycles. The number of carbonyl (C=O) groups excluding carboxylic acids is 1. The summed E-state index contributed by atoms with van der Waals surface area (Å²) in [4.78, 5) is 12.1. The van der Waals surface area contributed by atoms with Gasteiger partial charge in [0.1, 0.15) is 23.9 Å². The summed E-state index contributed by atoms with van der Waals surface area (Å²) < 4.78 is 22.1. The molecular weight excluding hydrogens is 322 g/mol. The quantitative estimate of drug-likeness (QED) is 0.796. The van der Waals surface area contributed by atoms with Gasteiger partial charge in [-0.3, -0.25) is 4.79 Å². The Balaban J connectivity index is 1.46. The maximum atomic E-state index is 12.1. The zero-order valence-electron chi connectivity index (χ0n) is 14.3. The van der Waals surface area contributed by atoms with Crippen molar-refractivity contribution in [1.82, 2.24) is 5.32 Å². The molecular formula is C19H23NO5. The summed E-state index contributed by atoms with van der Waals surface area (Å²) in [7, 11) is 0. The minimum atomic E-state index is -0.234. The van der Waals surface area contributed by atoms with E-state index in [1.54, 1.807) is 12.1 Å². The molecule has 134 valence electrons. The molecule has 2 aromatic rings. The topological polar surface area (TPSA) is 69.9 Å². The van der Waals surface area contributed by atoms with Gasteiger partial charge in [0.05, 0.1) is 12.7 Å². The number of carbonyl (C=O) groups is 1. The van der Waals surface area contributed by atoms with Gasteiger partial charge >= 0.3 is 0 Å². The van der Waals surface area contributed by atoms with Crippen molar-refractivity contribution in [1.29, 1.82) is 0 Å². The maximum Gasteiger partial charge on any atom is 0.287 e.